The summed E-state index contributed by atoms with van der Waals surface area (Å²) in [7, 11) is 2.15. The van der Waals surface area contributed by atoms with Gasteiger partial charge in [0.05, 0.1) is 0 Å². The Labute approximate surface area is 115 Å². The van der Waals surface area contributed by atoms with Crippen LogP contribution in [0.25, 0.3) is 11.4 Å². The molecule has 0 bridgehead atoms. The minimum Gasteiger partial charge on any atom is -0.302 e. The third-order valence-corrected chi connectivity index (χ3v) is 4.10. The van der Waals surface area contributed by atoms with Gasteiger partial charge in [-0.2, -0.15) is 0 Å². The van der Waals surface area contributed by atoms with E-state index in [9.17, 15) is 0 Å². The van der Waals surface area contributed by atoms with Crippen molar-refractivity contribution in [3.05, 3.63) is 46.2 Å². The Kier molecular flexibility index (Phi) is 3.14. The van der Waals surface area contributed by atoms with Gasteiger partial charge >= 0.3 is 0 Å². The summed E-state index contributed by atoms with van der Waals surface area (Å²) in [5.41, 5.74) is 3.91. The Morgan fingerprint density at radius 3 is 2.72 bits per heavy atom. The van der Waals surface area contributed by atoms with Crippen molar-refractivity contribution in [1.29, 1.82) is 0 Å². The van der Waals surface area contributed by atoms with E-state index in [0.29, 0.717) is 0 Å². The minimum atomic E-state index is 0.816. The number of fused-ring (bicyclic) bond motifs is 1. The average Bonchev–Trinajstić information content (AvgIpc) is 2.40. The van der Waals surface area contributed by atoms with Crippen molar-refractivity contribution in [2.45, 2.75) is 13.0 Å². The highest BCUT2D eigenvalue weighted by Crippen LogP contribution is 2.32. The molecule has 0 unspecified atom stereocenters. The molecule has 0 saturated carbocycles. The second-order valence-corrected chi connectivity index (χ2v) is 5.47. The molecule has 2 heterocycles. The highest BCUT2D eigenvalue weighted by molar-refractivity contribution is 9.10. The van der Waals surface area contributed by atoms with Crippen LogP contribution in [-0.4, -0.2) is 28.5 Å². The second-order valence-electron chi connectivity index (χ2n) is 4.61. The van der Waals surface area contributed by atoms with Gasteiger partial charge in [0, 0.05) is 35.5 Å². The van der Waals surface area contributed by atoms with E-state index in [1.54, 1.807) is 12.4 Å². The Morgan fingerprint density at radius 2 is 1.94 bits per heavy atom. The molecule has 0 amide bonds. The monoisotopic (exact) mass is 303 g/mol. The van der Waals surface area contributed by atoms with Gasteiger partial charge in [-0.05, 0) is 42.8 Å². The molecule has 1 aromatic carbocycles. The van der Waals surface area contributed by atoms with Crippen molar-refractivity contribution in [3.8, 4) is 11.4 Å². The van der Waals surface area contributed by atoms with E-state index < -0.39 is 0 Å². The Morgan fingerprint density at radius 1 is 1.17 bits per heavy atom. The van der Waals surface area contributed by atoms with E-state index in [4.69, 9.17) is 0 Å². The zero-order valence-electron chi connectivity index (χ0n) is 10.2. The molecule has 3 nitrogen and oxygen atoms in total. The third kappa shape index (κ3) is 2.06. The van der Waals surface area contributed by atoms with Gasteiger partial charge in [-0.25, -0.2) is 9.97 Å². The van der Waals surface area contributed by atoms with E-state index in [-0.39, 0.29) is 0 Å². The molecule has 18 heavy (non-hydrogen) atoms. The maximum Gasteiger partial charge on any atom is 0.159 e. The highest BCUT2D eigenvalue weighted by Gasteiger charge is 2.20. The SMILES string of the molecule is CN1CCc2c(Br)ccc(-c3ncccn3)c2C1. The smallest absolute Gasteiger partial charge is 0.159 e. The van der Waals surface area contributed by atoms with E-state index in [2.05, 4.69) is 50.0 Å². The average molecular weight is 304 g/mol. The predicted molar refractivity (Wildman–Crippen MR) is 75.2 cm³/mol. The summed E-state index contributed by atoms with van der Waals surface area (Å²) in [6, 6.07) is 6.06. The molecule has 1 aliphatic heterocycles. The molecule has 3 rings (SSSR count). The molecule has 0 radical (unpaired) electrons. The number of aromatic nitrogens is 2. The third-order valence-electron chi connectivity index (χ3n) is 3.35. The molecule has 1 aliphatic rings. The van der Waals surface area contributed by atoms with Crippen molar-refractivity contribution in [2.24, 2.45) is 0 Å². The lowest BCUT2D eigenvalue weighted by Gasteiger charge is -2.27. The van der Waals surface area contributed by atoms with Crippen molar-refractivity contribution >= 4 is 15.9 Å². The van der Waals surface area contributed by atoms with E-state index in [1.165, 1.54) is 15.6 Å². The molecule has 0 fully saturated rings. The molecule has 1 aromatic heterocycles. The molecular formula is C14H14BrN3. The minimum absolute atomic E-state index is 0.816. The van der Waals surface area contributed by atoms with Gasteiger partial charge in [-0.15, -0.1) is 0 Å². The van der Waals surface area contributed by atoms with Gasteiger partial charge in [0.15, 0.2) is 5.82 Å². The molecule has 4 heteroatoms. The summed E-state index contributed by atoms with van der Waals surface area (Å²) in [6.07, 6.45) is 4.67. The zero-order chi connectivity index (χ0) is 12.5. The quantitative estimate of drug-likeness (QED) is 0.811. The summed E-state index contributed by atoms with van der Waals surface area (Å²) in [5, 5.41) is 0. The van der Waals surface area contributed by atoms with Crippen LogP contribution in [0, 0.1) is 0 Å². The van der Waals surface area contributed by atoms with Crippen LogP contribution in [0.2, 0.25) is 0 Å². The van der Waals surface area contributed by atoms with Gasteiger partial charge in [-0.3, -0.25) is 0 Å². The van der Waals surface area contributed by atoms with Crippen LogP contribution in [0.3, 0.4) is 0 Å². The normalized spacial score (nSPS) is 15.4. The topological polar surface area (TPSA) is 29.0 Å². The number of halogens is 1. The fraction of sp³-hybridized carbons (Fsp3) is 0.286. The van der Waals surface area contributed by atoms with Crippen LogP contribution in [-0.2, 0) is 13.0 Å². The highest BCUT2D eigenvalue weighted by atomic mass is 79.9. The van der Waals surface area contributed by atoms with E-state index in [0.717, 1.165) is 30.9 Å². The van der Waals surface area contributed by atoms with Crippen LogP contribution in [0.1, 0.15) is 11.1 Å². The Balaban J connectivity index is 2.17. The fourth-order valence-corrected chi connectivity index (χ4v) is 2.98. The van der Waals surface area contributed by atoms with Gasteiger partial charge in [0.1, 0.15) is 0 Å². The molecular weight excluding hydrogens is 290 g/mol. The maximum absolute atomic E-state index is 4.37. The lowest BCUT2D eigenvalue weighted by Crippen LogP contribution is -2.27. The summed E-state index contributed by atoms with van der Waals surface area (Å²) >= 11 is 3.65. The first kappa shape index (κ1) is 11.8. The molecule has 92 valence electrons. The molecule has 0 N–H and O–H groups in total. The first-order chi connectivity index (χ1) is 8.75. The summed E-state index contributed by atoms with van der Waals surface area (Å²) < 4.78 is 1.20. The largest absolute Gasteiger partial charge is 0.302 e. The van der Waals surface area contributed by atoms with Crippen molar-refractivity contribution < 1.29 is 0 Å². The fourth-order valence-electron chi connectivity index (χ4n) is 2.41. The first-order valence-corrected chi connectivity index (χ1v) is 6.81. The lowest BCUT2D eigenvalue weighted by atomic mass is 9.94. The predicted octanol–water partition coefficient (Wildman–Crippen LogP) is 2.89. The van der Waals surface area contributed by atoms with E-state index in [1.807, 2.05) is 6.07 Å². The molecule has 2 aromatic rings. The summed E-state index contributed by atoms with van der Waals surface area (Å²) in [4.78, 5) is 11.1. The number of rotatable bonds is 1. The van der Waals surface area contributed by atoms with Crippen LogP contribution in [0.5, 0.6) is 0 Å². The van der Waals surface area contributed by atoms with Gasteiger partial charge in [0.25, 0.3) is 0 Å². The first-order valence-electron chi connectivity index (χ1n) is 6.02. The number of likely N-dealkylation sites (N-methyl/N-ethyl adjacent to an activating group) is 1. The standard InChI is InChI=1S/C14H14BrN3/c1-18-8-5-10-12(9-18)11(3-4-13(10)15)14-16-6-2-7-17-14/h2-4,6-7H,5,8-9H2,1H3. The van der Waals surface area contributed by atoms with Crippen LogP contribution in [0.4, 0.5) is 0 Å². The number of benzene rings is 1. The Hall–Kier alpha value is -1.26. The van der Waals surface area contributed by atoms with Crippen LogP contribution < -0.4 is 0 Å². The molecule has 0 atom stereocenters. The summed E-state index contributed by atoms with van der Waals surface area (Å²) in [5.74, 6) is 0.816. The van der Waals surface area contributed by atoms with Gasteiger partial charge < -0.3 is 4.90 Å². The molecule has 0 spiro atoms. The van der Waals surface area contributed by atoms with Crippen molar-refractivity contribution in [2.75, 3.05) is 13.6 Å². The number of nitrogens with zero attached hydrogens (tertiary/aromatic N) is 3. The molecule has 0 aliphatic carbocycles. The Bertz CT molecular complexity index is 569. The second kappa shape index (κ2) is 4.78. The van der Waals surface area contributed by atoms with Crippen LogP contribution >= 0.6 is 15.9 Å². The molecule has 0 saturated heterocycles. The van der Waals surface area contributed by atoms with E-state index >= 15 is 0 Å². The maximum atomic E-state index is 4.37. The zero-order valence-corrected chi connectivity index (χ0v) is 11.8. The number of hydrogen-bond donors (Lipinski definition) is 0. The lowest BCUT2D eigenvalue weighted by molar-refractivity contribution is 0.313. The van der Waals surface area contributed by atoms with Gasteiger partial charge in [-0.1, -0.05) is 15.9 Å². The van der Waals surface area contributed by atoms with Crippen molar-refractivity contribution in [1.82, 2.24) is 14.9 Å². The van der Waals surface area contributed by atoms with Crippen LogP contribution in [0.15, 0.2) is 35.1 Å². The number of hydrogen-bond acceptors (Lipinski definition) is 3. The summed E-state index contributed by atoms with van der Waals surface area (Å²) in [6.45, 7) is 2.06. The van der Waals surface area contributed by atoms with Gasteiger partial charge in [0.2, 0.25) is 0 Å². The van der Waals surface area contributed by atoms with Crippen molar-refractivity contribution in [3.63, 3.8) is 0 Å².